The molecule has 0 aromatic rings. The van der Waals surface area contributed by atoms with Crippen molar-refractivity contribution < 1.29 is 50.0 Å². The molecule has 0 aromatic heterocycles. The molecule has 1 rings (SSSR count). The van der Waals surface area contributed by atoms with Gasteiger partial charge in [0.15, 0.2) is 6.29 Å². The van der Waals surface area contributed by atoms with Gasteiger partial charge in [0.05, 0.1) is 25.4 Å². The van der Waals surface area contributed by atoms with Crippen molar-refractivity contribution in [2.24, 2.45) is 0 Å². The Labute approximate surface area is 430 Å². The molecule has 1 fully saturated rings. The van der Waals surface area contributed by atoms with Gasteiger partial charge in [-0.2, -0.15) is 0 Å². The largest absolute Gasteiger partial charge is 0.394 e. The molecule has 1 heterocycles. The van der Waals surface area contributed by atoms with E-state index in [0.29, 0.717) is 19.3 Å². The molecule has 416 valence electrons. The minimum absolute atomic E-state index is 0.256. The Bertz CT molecular complexity index is 1140. The average Bonchev–Trinajstić information content (AvgIpc) is 3.36. The zero-order chi connectivity index (χ0) is 51.1. The summed E-state index contributed by atoms with van der Waals surface area (Å²) in [5.41, 5.74) is 0. The van der Waals surface area contributed by atoms with Crippen molar-refractivity contribution >= 4 is 5.91 Å². The second kappa shape index (κ2) is 48.8. The first kappa shape index (κ1) is 66.9. The maximum absolute atomic E-state index is 13.2. The van der Waals surface area contributed by atoms with Gasteiger partial charge in [-0.1, -0.05) is 264 Å². The fourth-order valence-electron chi connectivity index (χ4n) is 9.91. The molecule has 11 heteroatoms. The van der Waals surface area contributed by atoms with Gasteiger partial charge in [0.25, 0.3) is 0 Å². The smallest absolute Gasteiger partial charge is 0.249 e. The van der Waals surface area contributed by atoms with Crippen LogP contribution in [-0.4, -0.2) is 110 Å². The summed E-state index contributed by atoms with van der Waals surface area (Å²) in [5, 5.41) is 76.2. The van der Waals surface area contributed by atoms with Gasteiger partial charge in [-0.3, -0.25) is 4.79 Å². The third kappa shape index (κ3) is 36.7. The second-order valence-electron chi connectivity index (χ2n) is 21.4. The normalized spacial score (nSPS) is 20.3. The molecular weight excluding hydrogens is 883 g/mol. The maximum Gasteiger partial charge on any atom is 0.249 e. The number of nitrogens with one attached hydrogen (secondary N) is 1. The van der Waals surface area contributed by atoms with Gasteiger partial charge in [0, 0.05) is 0 Å². The van der Waals surface area contributed by atoms with Crippen LogP contribution >= 0.6 is 0 Å². The standard InChI is InChI=1S/C59H115NO10/c1-3-5-7-9-11-13-15-17-19-21-23-25-27-28-30-32-34-36-38-40-42-44-46-51(62)54(64)50(49-69-59-57(67)56(66)55(65)53(48-61)70-59)60-58(68)52(63)47-45-43-41-39-37-35-33-31-29-26-24-22-20-18-16-14-12-10-8-6-4-2/h29,31,50-57,59,61-67H,3-28,30,32-49H2,1-2H3,(H,60,68)/b31-29-. The van der Waals surface area contributed by atoms with Crippen LogP contribution in [0, 0.1) is 0 Å². The van der Waals surface area contributed by atoms with Gasteiger partial charge in [0.1, 0.15) is 36.6 Å². The van der Waals surface area contributed by atoms with Crippen molar-refractivity contribution in [3.63, 3.8) is 0 Å². The highest BCUT2D eigenvalue weighted by atomic mass is 16.7. The average molecular weight is 999 g/mol. The number of ether oxygens (including phenoxy) is 2. The summed E-state index contributed by atoms with van der Waals surface area (Å²) < 4.78 is 11.2. The highest BCUT2D eigenvalue weighted by Crippen LogP contribution is 2.24. The van der Waals surface area contributed by atoms with Gasteiger partial charge in [-0.25, -0.2) is 0 Å². The summed E-state index contributed by atoms with van der Waals surface area (Å²) in [6, 6.07) is -1.17. The summed E-state index contributed by atoms with van der Waals surface area (Å²) in [5.74, 6) is -0.696. The topological polar surface area (TPSA) is 189 Å². The Morgan fingerprint density at radius 2 is 0.829 bits per heavy atom. The van der Waals surface area contributed by atoms with E-state index in [4.69, 9.17) is 9.47 Å². The van der Waals surface area contributed by atoms with Crippen LogP contribution < -0.4 is 5.32 Å². The number of unbranched alkanes of at least 4 members (excludes halogenated alkanes) is 38. The summed E-state index contributed by atoms with van der Waals surface area (Å²) in [6.07, 6.45) is 45.5. The predicted molar refractivity (Wildman–Crippen MR) is 289 cm³/mol. The van der Waals surface area contributed by atoms with Crippen LogP contribution in [0.4, 0.5) is 0 Å². The van der Waals surface area contributed by atoms with Crippen molar-refractivity contribution in [1.29, 1.82) is 0 Å². The minimum atomic E-state index is -1.66. The van der Waals surface area contributed by atoms with Crippen molar-refractivity contribution in [3.8, 4) is 0 Å². The molecule has 1 aliphatic rings. The van der Waals surface area contributed by atoms with E-state index in [0.717, 1.165) is 51.4 Å². The summed E-state index contributed by atoms with van der Waals surface area (Å²) >= 11 is 0. The Balaban J connectivity index is 2.30. The predicted octanol–water partition coefficient (Wildman–Crippen LogP) is 12.7. The van der Waals surface area contributed by atoms with E-state index in [1.165, 1.54) is 199 Å². The van der Waals surface area contributed by atoms with Crippen LogP contribution in [0.1, 0.15) is 290 Å². The molecule has 70 heavy (non-hydrogen) atoms. The lowest BCUT2D eigenvalue weighted by Crippen LogP contribution is -2.60. The van der Waals surface area contributed by atoms with E-state index in [1.807, 2.05) is 0 Å². The van der Waals surface area contributed by atoms with Crippen LogP contribution in [-0.2, 0) is 14.3 Å². The molecule has 0 spiro atoms. The highest BCUT2D eigenvalue weighted by Gasteiger charge is 2.44. The van der Waals surface area contributed by atoms with Gasteiger partial charge < -0.3 is 50.5 Å². The molecule has 0 radical (unpaired) electrons. The number of carbonyl (C=O) groups excluding carboxylic acids is 1. The molecule has 1 amide bonds. The van der Waals surface area contributed by atoms with E-state index in [9.17, 15) is 40.5 Å². The lowest BCUT2D eigenvalue weighted by molar-refractivity contribution is -0.303. The fraction of sp³-hybridized carbons (Fsp3) is 0.949. The molecule has 0 saturated carbocycles. The zero-order valence-corrected chi connectivity index (χ0v) is 45.5. The molecule has 1 aliphatic heterocycles. The SMILES string of the molecule is CCCCCCCCCCCCC/C=C\CCCCCCCCC(O)C(=O)NC(COC1OC(CO)C(O)C(O)C1O)C(O)C(O)CCCCCCCCCCCCCCCCCCCCCCCC. The van der Waals surface area contributed by atoms with Crippen LogP contribution in [0.3, 0.4) is 0 Å². The summed E-state index contributed by atoms with van der Waals surface area (Å²) in [4.78, 5) is 13.2. The van der Waals surface area contributed by atoms with Crippen molar-refractivity contribution in [2.75, 3.05) is 13.2 Å². The number of carbonyl (C=O) groups is 1. The zero-order valence-electron chi connectivity index (χ0n) is 45.5. The van der Waals surface area contributed by atoms with Crippen molar-refractivity contribution in [1.82, 2.24) is 5.32 Å². The van der Waals surface area contributed by atoms with Crippen LogP contribution in [0.15, 0.2) is 12.2 Å². The minimum Gasteiger partial charge on any atom is -0.394 e. The van der Waals surface area contributed by atoms with E-state index in [-0.39, 0.29) is 6.42 Å². The Kier molecular flexibility index (Phi) is 46.6. The molecule has 0 aromatic carbocycles. The Morgan fingerprint density at radius 3 is 1.20 bits per heavy atom. The number of rotatable bonds is 52. The summed E-state index contributed by atoms with van der Waals surface area (Å²) in [6.45, 7) is 3.49. The molecular formula is C59H115NO10. The maximum atomic E-state index is 13.2. The van der Waals surface area contributed by atoms with E-state index in [1.54, 1.807) is 0 Å². The molecule has 1 saturated heterocycles. The second-order valence-corrected chi connectivity index (χ2v) is 21.4. The molecule has 8 N–H and O–H groups in total. The number of aliphatic hydroxyl groups is 7. The monoisotopic (exact) mass is 998 g/mol. The molecule has 9 unspecified atom stereocenters. The third-order valence-corrected chi connectivity index (χ3v) is 14.8. The Hall–Kier alpha value is -1.15. The fourth-order valence-corrected chi connectivity index (χ4v) is 9.91. The Morgan fingerprint density at radius 1 is 0.486 bits per heavy atom. The molecule has 9 atom stereocenters. The lowest BCUT2D eigenvalue weighted by atomic mass is 9.98. The van der Waals surface area contributed by atoms with Crippen LogP contribution in [0.2, 0.25) is 0 Å². The molecule has 0 bridgehead atoms. The molecule has 11 nitrogen and oxygen atoms in total. The number of allylic oxidation sites excluding steroid dienone is 2. The first-order valence-corrected chi connectivity index (χ1v) is 30.1. The number of hydrogen-bond acceptors (Lipinski definition) is 10. The van der Waals surface area contributed by atoms with Gasteiger partial charge in [-0.05, 0) is 38.5 Å². The summed E-state index contributed by atoms with van der Waals surface area (Å²) in [7, 11) is 0. The van der Waals surface area contributed by atoms with Crippen molar-refractivity contribution in [2.45, 2.75) is 345 Å². The number of amides is 1. The van der Waals surface area contributed by atoms with Gasteiger partial charge in [-0.15, -0.1) is 0 Å². The first-order valence-electron chi connectivity index (χ1n) is 30.1. The van der Waals surface area contributed by atoms with E-state index in [2.05, 4.69) is 31.3 Å². The van der Waals surface area contributed by atoms with Crippen molar-refractivity contribution in [3.05, 3.63) is 12.2 Å². The van der Waals surface area contributed by atoms with E-state index < -0.39 is 74.2 Å². The molecule has 0 aliphatic carbocycles. The van der Waals surface area contributed by atoms with Crippen LogP contribution in [0.25, 0.3) is 0 Å². The van der Waals surface area contributed by atoms with Crippen LogP contribution in [0.5, 0.6) is 0 Å². The number of hydrogen-bond donors (Lipinski definition) is 8. The van der Waals surface area contributed by atoms with Gasteiger partial charge in [0.2, 0.25) is 5.91 Å². The van der Waals surface area contributed by atoms with E-state index >= 15 is 0 Å². The number of aliphatic hydroxyl groups excluding tert-OH is 7. The van der Waals surface area contributed by atoms with Gasteiger partial charge >= 0.3 is 0 Å². The lowest BCUT2D eigenvalue weighted by Gasteiger charge is -2.40. The quantitative estimate of drug-likeness (QED) is 0.0215. The highest BCUT2D eigenvalue weighted by molar-refractivity contribution is 5.80. The third-order valence-electron chi connectivity index (χ3n) is 14.8. The first-order chi connectivity index (χ1) is 34.2.